The van der Waals surface area contributed by atoms with E-state index in [0.29, 0.717) is 15.9 Å². The van der Waals surface area contributed by atoms with Crippen LogP contribution in [0.4, 0.5) is 5.82 Å². The van der Waals surface area contributed by atoms with Crippen LogP contribution < -0.4 is 5.73 Å². The number of fused-ring (bicyclic) bond motifs is 2. The molecule has 0 bridgehead atoms. The van der Waals surface area contributed by atoms with E-state index in [1.165, 1.54) is 6.33 Å². The van der Waals surface area contributed by atoms with Crippen LogP contribution in [-0.2, 0) is 18.5 Å². The summed E-state index contributed by atoms with van der Waals surface area (Å²) in [5.74, 6) is 0.277. The molecule has 0 aromatic carbocycles. The second kappa shape index (κ2) is 5.84. The van der Waals surface area contributed by atoms with Gasteiger partial charge in [-0.05, 0) is 0 Å². The third kappa shape index (κ3) is 2.53. The predicted octanol–water partition coefficient (Wildman–Crippen LogP) is -0.466. The molecule has 0 aliphatic carbocycles. The second-order valence-electron chi connectivity index (χ2n) is 5.74. The van der Waals surface area contributed by atoms with E-state index in [2.05, 4.69) is 30.9 Å². The maximum atomic E-state index is 10.1. The molecule has 130 valence electrons. The van der Waals surface area contributed by atoms with E-state index in [1.54, 1.807) is 19.2 Å². The molecule has 2 aliphatic heterocycles. The number of nitrogen functional groups attached to an aromatic ring is 1. The van der Waals surface area contributed by atoms with Gasteiger partial charge in [0.15, 0.2) is 0 Å². The molecular formula is C11H16BBrN5O5P. The quantitative estimate of drug-likeness (QED) is 0.377. The first-order chi connectivity index (χ1) is 11.4. The fourth-order valence-electron chi connectivity index (χ4n) is 3.09. The number of ether oxygens (including phenoxy) is 2. The van der Waals surface area contributed by atoms with Crippen molar-refractivity contribution in [2.45, 2.75) is 24.5 Å². The number of imidazole rings is 1. The van der Waals surface area contributed by atoms with Crippen LogP contribution in [0.2, 0.25) is 0 Å². The van der Waals surface area contributed by atoms with Gasteiger partial charge in [-0.1, -0.05) is 0 Å². The first-order valence-corrected chi connectivity index (χ1v) is 10.3. The van der Waals surface area contributed by atoms with Gasteiger partial charge in [-0.3, -0.25) is 0 Å². The minimum absolute atomic E-state index is 0.238. The zero-order chi connectivity index (χ0) is 17.1. The van der Waals surface area contributed by atoms with Gasteiger partial charge < -0.3 is 0 Å². The van der Waals surface area contributed by atoms with E-state index < -0.39 is 26.3 Å². The van der Waals surface area contributed by atoms with Gasteiger partial charge in [0.2, 0.25) is 0 Å². The van der Waals surface area contributed by atoms with Crippen LogP contribution >= 0.6 is 23.8 Å². The fourth-order valence-corrected chi connectivity index (χ4v) is 4.97. The molecular weight excluding hydrogens is 404 g/mol. The number of hydrogen-bond donors (Lipinski definition) is 2. The molecule has 2 aromatic rings. The van der Waals surface area contributed by atoms with Gasteiger partial charge in [0.1, 0.15) is 0 Å². The molecule has 0 saturated carbocycles. The summed E-state index contributed by atoms with van der Waals surface area (Å²) in [6.45, 7) is 0.238. The van der Waals surface area contributed by atoms with Gasteiger partial charge in [-0.2, -0.15) is 0 Å². The van der Waals surface area contributed by atoms with Crippen LogP contribution in [0.25, 0.3) is 11.2 Å². The van der Waals surface area contributed by atoms with Crippen LogP contribution in [0.3, 0.4) is 0 Å². The summed E-state index contributed by atoms with van der Waals surface area (Å²) >= 11 is 3.41. The number of aromatic nitrogens is 4. The summed E-state index contributed by atoms with van der Waals surface area (Å²) in [6, 6.07) is 0. The Morgan fingerprint density at radius 1 is 1.54 bits per heavy atom. The third-order valence-electron chi connectivity index (χ3n) is 4.14. The van der Waals surface area contributed by atoms with Gasteiger partial charge in [0.25, 0.3) is 0 Å². The van der Waals surface area contributed by atoms with Crippen LogP contribution in [-0.4, -0.2) is 64.0 Å². The van der Waals surface area contributed by atoms with E-state index >= 15 is 0 Å². The van der Waals surface area contributed by atoms with Gasteiger partial charge in [-0.15, -0.1) is 0 Å². The average molecular weight is 420 g/mol. The summed E-state index contributed by atoms with van der Waals surface area (Å²) in [4.78, 5) is 22.7. The van der Waals surface area contributed by atoms with Crippen molar-refractivity contribution in [3.05, 3.63) is 11.1 Å². The molecule has 0 radical (unpaired) electrons. The van der Waals surface area contributed by atoms with Crippen LogP contribution in [0.5, 0.6) is 0 Å². The van der Waals surface area contributed by atoms with Crippen LogP contribution in [0.1, 0.15) is 6.23 Å². The summed E-state index contributed by atoms with van der Waals surface area (Å²) in [5, 5.41) is 0. The molecule has 2 fully saturated rings. The van der Waals surface area contributed by atoms with Crippen molar-refractivity contribution in [3.63, 3.8) is 0 Å². The van der Waals surface area contributed by atoms with Crippen molar-refractivity contribution in [1.82, 2.24) is 19.5 Å². The second-order valence-corrected chi connectivity index (χ2v) is 8.77. The third-order valence-corrected chi connectivity index (χ3v) is 6.12. The fraction of sp³-hybridized carbons (Fsp3) is 0.545. The summed E-state index contributed by atoms with van der Waals surface area (Å²) in [6.07, 6.45) is -0.480. The first kappa shape index (κ1) is 16.6. The molecule has 24 heavy (non-hydrogen) atoms. The maximum absolute atomic E-state index is 10.1. The molecule has 3 N–H and O–H groups in total. The zero-order valence-corrected chi connectivity index (χ0v) is 15.5. The van der Waals surface area contributed by atoms with E-state index in [0.717, 1.165) is 0 Å². The minimum atomic E-state index is -3.17. The molecule has 4 atom stereocenters. The molecule has 2 saturated heterocycles. The van der Waals surface area contributed by atoms with Crippen molar-refractivity contribution < 1.29 is 23.4 Å². The number of hydrogen-bond acceptors (Lipinski definition) is 9. The van der Waals surface area contributed by atoms with E-state index in [-0.39, 0.29) is 18.5 Å². The van der Waals surface area contributed by atoms with Crippen molar-refractivity contribution in [1.29, 1.82) is 0 Å². The normalized spacial score (nSPS) is 33.5. The van der Waals surface area contributed by atoms with Crippen molar-refractivity contribution in [2.75, 3.05) is 19.5 Å². The summed E-state index contributed by atoms with van der Waals surface area (Å²) in [5.41, 5.74) is 6.85. The van der Waals surface area contributed by atoms with E-state index in [4.69, 9.17) is 24.3 Å². The Balaban J connectivity index is 1.77. The summed E-state index contributed by atoms with van der Waals surface area (Å²) < 4.78 is 25.0. The predicted molar refractivity (Wildman–Crippen MR) is 92.0 cm³/mol. The van der Waals surface area contributed by atoms with Crippen LogP contribution in [0.15, 0.2) is 11.1 Å². The number of anilines is 1. The molecule has 0 amide bonds. The molecule has 2 aromatic heterocycles. The van der Waals surface area contributed by atoms with Gasteiger partial charge in [0.05, 0.1) is 0 Å². The molecule has 13 heteroatoms. The number of methoxy groups -OCH3 is 1. The van der Waals surface area contributed by atoms with E-state index in [9.17, 15) is 4.89 Å². The Kier molecular flexibility index (Phi) is 4.03. The number of rotatable bonds is 2. The Bertz CT molecular complexity index is 793. The Morgan fingerprint density at radius 3 is 3.08 bits per heavy atom. The average Bonchev–Trinajstić information content (AvgIpc) is 3.03. The molecule has 1 unspecified atom stereocenters. The Morgan fingerprint density at radius 2 is 2.33 bits per heavy atom. The molecule has 0 spiro atoms. The Hall–Kier alpha value is -0.875. The monoisotopic (exact) mass is 419 g/mol. The number of halogens is 1. The van der Waals surface area contributed by atoms with Crippen molar-refractivity contribution >= 4 is 48.3 Å². The van der Waals surface area contributed by atoms with Crippen LogP contribution in [0, 0.1) is 0 Å². The molecule has 4 heterocycles. The first-order valence-electron chi connectivity index (χ1n) is 7.27. The Labute approximate surface area is 146 Å². The van der Waals surface area contributed by atoms with Gasteiger partial charge in [-0.25, -0.2) is 0 Å². The topological polar surface area (TPSA) is 127 Å². The molecule has 4 rings (SSSR count). The van der Waals surface area contributed by atoms with Gasteiger partial charge >= 0.3 is 146 Å². The van der Waals surface area contributed by atoms with Crippen molar-refractivity contribution in [3.8, 4) is 0 Å². The number of nitrogens with two attached hydrogens (primary N) is 1. The van der Waals surface area contributed by atoms with Crippen molar-refractivity contribution in [2.24, 2.45) is 0 Å². The van der Waals surface area contributed by atoms with E-state index in [1.807, 2.05) is 0 Å². The zero-order valence-electron chi connectivity index (χ0n) is 12.9. The number of nitrogens with zero attached hydrogens (tertiary/aromatic N) is 4. The standard InChI is InChI=1S/C11H16BBrN5O5P/c1-20-7-6-4(2-21-24(12,19)23-6)22-10(7)18-9-5(17-11(18)13)8(14)15-3-16-9/h3-4,6-7,10,19,24H,2,12H2,1H3,(H2,14,15,16)/t4-,6-,7?,10-/m1/s1. The van der Waals surface area contributed by atoms with Gasteiger partial charge in [0, 0.05) is 0 Å². The SMILES string of the molecule is B[PH]1(O)OC[C@H]2O[C@@H](n3c(Br)nc4c(N)ncnc43)C(OC)[C@@H]2O1. The molecule has 2 aliphatic rings. The summed E-state index contributed by atoms with van der Waals surface area (Å²) in [7, 11) is -0.0337. The molecule has 10 nitrogen and oxygen atoms in total.